The number of aromatic nitrogens is 2. The van der Waals surface area contributed by atoms with Gasteiger partial charge in [-0.05, 0) is 60.7 Å². The van der Waals surface area contributed by atoms with E-state index in [2.05, 4.69) is 36.8 Å². The highest BCUT2D eigenvalue weighted by atomic mass is 79.9. The van der Waals surface area contributed by atoms with Gasteiger partial charge in [0.05, 0.1) is 4.92 Å². The lowest BCUT2D eigenvalue weighted by Crippen LogP contribution is -2.13. The number of nitro groups is 1. The SMILES string of the molecule is O=C(Nc1ccc(C(=O)Nc2nnc(-c3ccc([N+](=O)[O-])cc3)s2)cc1)c1ccc(Br)cc1. The number of hydrogen-bond donors (Lipinski definition) is 2. The van der Waals surface area contributed by atoms with Crippen LogP contribution in [0.1, 0.15) is 20.7 Å². The monoisotopic (exact) mass is 523 g/mol. The molecule has 2 amide bonds. The first-order chi connectivity index (χ1) is 15.9. The van der Waals surface area contributed by atoms with Gasteiger partial charge in [-0.15, -0.1) is 10.2 Å². The highest BCUT2D eigenvalue weighted by Gasteiger charge is 2.13. The van der Waals surface area contributed by atoms with Gasteiger partial charge in [0, 0.05) is 39.0 Å². The predicted molar refractivity (Wildman–Crippen MR) is 128 cm³/mol. The molecule has 4 rings (SSSR count). The number of amides is 2. The van der Waals surface area contributed by atoms with Crippen LogP contribution in [0.5, 0.6) is 0 Å². The van der Waals surface area contributed by atoms with Crippen molar-refractivity contribution in [3.05, 3.63) is 98.5 Å². The molecule has 0 atom stereocenters. The Morgan fingerprint density at radius 3 is 2.00 bits per heavy atom. The topological polar surface area (TPSA) is 127 Å². The molecule has 0 spiro atoms. The molecule has 9 nitrogen and oxygen atoms in total. The third-order valence-corrected chi connectivity index (χ3v) is 5.90. The predicted octanol–water partition coefficient (Wildman–Crippen LogP) is 5.38. The van der Waals surface area contributed by atoms with Crippen molar-refractivity contribution in [1.29, 1.82) is 0 Å². The lowest BCUT2D eigenvalue weighted by atomic mass is 10.1. The Bertz CT molecular complexity index is 1320. The Kier molecular flexibility index (Phi) is 6.52. The summed E-state index contributed by atoms with van der Waals surface area (Å²) in [6.45, 7) is 0. The molecular weight excluding hydrogens is 510 g/mol. The van der Waals surface area contributed by atoms with Gasteiger partial charge in [0.1, 0.15) is 5.01 Å². The van der Waals surface area contributed by atoms with E-state index >= 15 is 0 Å². The first-order valence-corrected chi connectivity index (χ1v) is 11.1. The van der Waals surface area contributed by atoms with Crippen LogP contribution in [0, 0.1) is 10.1 Å². The molecule has 11 heteroatoms. The van der Waals surface area contributed by atoms with Gasteiger partial charge in [-0.2, -0.15) is 0 Å². The fraction of sp³-hybridized carbons (Fsp3) is 0. The quantitative estimate of drug-likeness (QED) is 0.258. The smallest absolute Gasteiger partial charge is 0.269 e. The van der Waals surface area contributed by atoms with Crippen LogP contribution in [-0.2, 0) is 0 Å². The fourth-order valence-corrected chi connectivity index (χ4v) is 3.80. The Hall–Kier alpha value is -3.96. The van der Waals surface area contributed by atoms with E-state index in [9.17, 15) is 19.7 Å². The molecule has 0 bridgehead atoms. The molecule has 0 saturated heterocycles. The van der Waals surface area contributed by atoms with Crippen LogP contribution >= 0.6 is 27.3 Å². The number of benzene rings is 3. The van der Waals surface area contributed by atoms with Crippen LogP contribution in [0.2, 0.25) is 0 Å². The van der Waals surface area contributed by atoms with Gasteiger partial charge in [-0.1, -0.05) is 27.3 Å². The van der Waals surface area contributed by atoms with Crippen molar-refractivity contribution < 1.29 is 14.5 Å². The standard InChI is InChI=1S/C22H14BrN5O4S/c23-16-7-1-13(2-8-16)19(29)24-17-9-3-14(4-10-17)20(30)25-22-27-26-21(33-22)15-5-11-18(12-6-15)28(31)32/h1-12H,(H,24,29)(H,25,27,30). The highest BCUT2D eigenvalue weighted by Crippen LogP contribution is 2.28. The number of nitrogens with one attached hydrogen (secondary N) is 2. The molecule has 0 saturated carbocycles. The first-order valence-electron chi connectivity index (χ1n) is 9.46. The summed E-state index contributed by atoms with van der Waals surface area (Å²) in [5.74, 6) is -0.639. The maximum absolute atomic E-state index is 12.5. The molecule has 33 heavy (non-hydrogen) atoms. The molecule has 1 heterocycles. The van der Waals surface area contributed by atoms with E-state index in [0.29, 0.717) is 32.5 Å². The van der Waals surface area contributed by atoms with Crippen LogP contribution in [0.25, 0.3) is 10.6 Å². The molecule has 0 radical (unpaired) electrons. The van der Waals surface area contributed by atoms with Crippen LogP contribution in [0.4, 0.5) is 16.5 Å². The third-order valence-electron chi connectivity index (χ3n) is 4.48. The molecule has 3 aromatic carbocycles. The van der Waals surface area contributed by atoms with Crippen molar-refractivity contribution in [3.8, 4) is 10.6 Å². The number of carbonyl (C=O) groups is 2. The molecule has 164 valence electrons. The summed E-state index contributed by atoms with van der Waals surface area (Å²) in [7, 11) is 0. The molecule has 0 unspecified atom stereocenters. The molecule has 4 aromatic rings. The number of carbonyl (C=O) groups excluding carboxylic acids is 2. The molecule has 0 aliphatic carbocycles. The zero-order valence-corrected chi connectivity index (χ0v) is 19.1. The number of hydrogen-bond acceptors (Lipinski definition) is 7. The van der Waals surface area contributed by atoms with Gasteiger partial charge in [0.15, 0.2) is 0 Å². The van der Waals surface area contributed by atoms with E-state index < -0.39 is 4.92 Å². The van der Waals surface area contributed by atoms with Crippen molar-refractivity contribution >= 4 is 55.6 Å². The lowest BCUT2D eigenvalue weighted by Gasteiger charge is -2.07. The Balaban J connectivity index is 1.38. The van der Waals surface area contributed by atoms with Gasteiger partial charge in [0.2, 0.25) is 5.13 Å². The van der Waals surface area contributed by atoms with Gasteiger partial charge in [-0.25, -0.2) is 0 Å². The first kappa shape index (κ1) is 22.2. The number of nitro benzene ring substituents is 1. The van der Waals surface area contributed by atoms with Crippen LogP contribution < -0.4 is 10.6 Å². The van der Waals surface area contributed by atoms with Crippen molar-refractivity contribution in [3.63, 3.8) is 0 Å². The molecular formula is C22H14BrN5O4S. The summed E-state index contributed by atoms with van der Waals surface area (Å²) >= 11 is 4.48. The largest absolute Gasteiger partial charge is 0.322 e. The second-order valence-corrected chi connectivity index (χ2v) is 8.60. The van der Waals surface area contributed by atoms with E-state index in [1.807, 2.05) is 0 Å². The molecule has 0 aliphatic rings. The number of nitrogens with zero attached hydrogens (tertiary/aromatic N) is 3. The van der Waals surface area contributed by atoms with E-state index in [1.54, 1.807) is 60.7 Å². The third kappa shape index (κ3) is 5.45. The van der Waals surface area contributed by atoms with Gasteiger partial charge < -0.3 is 5.32 Å². The van der Waals surface area contributed by atoms with E-state index in [-0.39, 0.29) is 17.5 Å². The average molecular weight is 524 g/mol. The lowest BCUT2D eigenvalue weighted by molar-refractivity contribution is -0.384. The Morgan fingerprint density at radius 2 is 1.39 bits per heavy atom. The van der Waals surface area contributed by atoms with Crippen LogP contribution in [-0.4, -0.2) is 26.9 Å². The summed E-state index contributed by atoms with van der Waals surface area (Å²) in [6.07, 6.45) is 0. The van der Waals surface area contributed by atoms with Crippen molar-refractivity contribution in [1.82, 2.24) is 10.2 Å². The minimum absolute atomic E-state index is 0.0201. The van der Waals surface area contributed by atoms with Gasteiger partial charge in [0.25, 0.3) is 17.5 Å². The summed E-state index contributed by atoms with van der Waals surface area (Å²) in [6, 6.07) is 19.3. The Morgan fingerprint density at radius 1 is 0.818 bits per heavy atom. The van der Waals surface area contributed by atoms with E-state index in [4.69, 9.17) is 0 Å². The minimum Gasteiger partial charge on any atom is -0.322 e. The normalized spacial score (nSPS) is 10.5. The fourth-order valence-electron chi connectivity index (χ4n) is 2.79. The van der Waals surface area contributed by atoms with E-state index in [0.717, 1.165) is 15.8 Å². The Labute approximate surface area is 199 Å². The zero-order chi connectivity index (χ0) is 23.4. The summed E-state index contributed by atoms with van der Waals surface area (Å²) in [5.41, 5.74) is 2.08. The molecule has 1 aromatic heterocycles. The minimum atomic E-state index is -0.479. The number of non-ortho nitro benzene ring substituents is 1. The maximum Gasteiger partial charge on any atom is 0.269 e. The zero-order valence-electron chi connectivity index (χ0n) is 16.7. The van der Waals surface area contributed by atoms with Gasteiger partial charge >= 0.3 is 0 Å². The number of halogens is 1. The number of rotatable bonds is 6. The average Bonchev–Trinajstić information content (AvgIpc) is 3.28. The summed E-state index contributed by atoms with van der Waals surface area (Å²) < 4.78 is 0.879. The molecule has 2 N–H and O–H groups in total. The van der Waals surface area contributed by atoms with Crippen LogP contribution in [0.15, 0.2) is 77.3 Å². The van der Waals surface area contributed by atoms with Crippen LogP contribution in [0.3, 0.4) is 0 Å². The van der Waals surface area contributed by atoms with Gasteiger partial charge in [-0.3, -0.25) is 25.0 Å². The second kappa shape index (κ2) is 9.67. The molecule has 0 aliphatic heterocycles. The summed E-state index contributed by atoms with van der Waals surface area (Å²) in [4.78, 5) is 35.1. The summed E-state index contributed by atoms with van der Waals surface area (Å²) in [5, 5.41) is 25.0. The molecule has 0 fully saturated rings. The van der Waals surface area contributed by atoms with Crippen molar-refractivity contribution in [2.45, 2.75) is 0 Å². The van der Waals surface area contributed by atoms with E-state index in [1.165, 1.54) is 12.1 Å². The number of anilines is 2. The van der Waals surface area contributed by atoms with Crippen molar-refractivity contribution in [2.24, 2.45) is 0 Å². The second-order valence-electron chi connectivity index (χ2n) is 6.71. The highest BCUT2D eigenvalue weighted by molar-refractivity contribution is 9.10. The van der Waals surface area contributed by atoms with Crippen molar-refractivity contribution in [2.75, 3.05) is 10.6 Å². The maximum atomic E-state index is 12.5.